The highest BCUT2D eigenvalue weighted by Crippen LogP contribution is 2.22. The largest absolute Gasteiger partial charge is 0.507 e. The number of phenols is 1. The Balaban J connectivity index is 2.04. The van der Waals surface area contributed by atoms with Gasteiger partial charge in [-0.15, -0.1) is 0 Å². The fourth-order valence-electron chi connectivity index (χ4n) is 2.23. The van der Waals surface area contributed by atoms with Crippen LogP contribution in [0.25, 0.3) is 0 Å². The molecule has 0 aliphatic carbocycles. The van der Waals surface area contributed by atoms with Crippen LogP contribution in [0.5, 0.6) is 5.75 Å². The standard InChI is InChI=1S/C18H18FNO4/c1-3-20(14-9-7-13(19)8-10-14)16(21)11-24-18(23)15-6-4-5-12(2)17(15)22/h4-10,22H,3,11H2,1-2H3. The highest BCUT2D eigenvalue weighted by molar-refractivity contribution is 5.98. The van der Waals surface area contributed by atoms with Crippen LogP contribution in [0.3, 0.4) is 0 Å². The van der Waals surface area contributed by atoms with Gasteiger partial charge in [0.05, 0.1) is 0 Å². The van der Waals surface area contributed by atoms with Crippen LogP contribution in [-0.2, 0) is 9.53 Å². The Bertz CT molecular complexity index is 743. The van der Waals surface area contributed by atoms with E-state index in [1.165, 1.54) is 35.2 Å². The summed E-state index contributed by atoms with van der Waals surface area (Å²) < 4.78 is 18.0. The van der Waals surface area contributed by atoms with Crippen LogP contribution in [0.4, 0.5) is 10.1 Å². The van der Waals surface area contributed by atoms with Crippen molar-refractivity contribution in [2.24, 2.45) is 0 Å². The van der Waals surface area contributed by atoms with Crippen LogP contribution < -0.4 is 4.90 Å². The van der Waals surface area contributed by atoms with Crippen molar-refractivity contribution in [1.82, 2.24) is 0 Å². The van der Waals surface area contributed by atoms with Crippen molar-refractivity contribution in [2.45, 2.75) is 13.8 Å². The molecule has 0 saturated carbocycles. The molecule has 0 spiro atoms. The molecule has 0 unspecified atom stereocenters. The number of aryl methyl sites for hydroxylation is 1. The molecular formula is C18H18FNO4. The molecule has 0 atom stereocenters. The Hall–Kier alpha value is -2.89. The fourth-order valence-corrected chi connectivity index (χ4v) is 2.23. The predicted octanol–water partition coefficient (Wildman–Crippen LogP) is 3.05. The molecule has 1 amide bonds. The van der Waals surface area contributed by atoms with E-state index in [4.69, 9.17) is 4.74 Å². The number of aromatic hydroxyl groups is 1. The van der Waals surface area contributed by atoms with Crippen molar-refractivity contribution < 1.29 is 23.8 Å². The number of hydrogen-bond acceptors (Lipinski definition) is 4. The summed E-state index contributed by atoms with van der Waals surface area (Å²) in [5.41, 5.74) is 1.06. The van der Waals surface area contributed by atoms with Crippen LogP contribution in [0.2, 0.25) is 0 Å². The number of amides is 1. The number of nitrogens with zero attached hydrogens (tertiary/aromatic N) is 1. The molecule has 2 aromatic carbocycles. The number of carbonyl (C=O) groups excluding carboxylic acids is 2. The molecule has 0 aliphatic heterocycles. The third-order valence-electron chi connectivity index (χ3n) is 3.54. The zero-order valence-electron chi connectivity index (χ0n) is 13.5. The number of likely N-dealkylation sites (N-methyl/N-ethyl adjacent to an activating group) is 1. The van der Waals surface area contributed by atoms with Gasteiger partial charge in [-0.1, -0.05) is 12.1 Å². The van der Waals surface area contributed by atoms with Crippen LogP contribution >= 0.6 is 0 Å². The summed E-state index contributed by atoms with van der Waals surface area (Å²) in [5.74, 6) is -1.78. The van der Waals surface area contributed by atoms with Gasteiger partial charge in [0.15, 0.2) is 6.61 Å². The minimum absolute atomic E-state index is 0.00707. The number of benzene rings is 2. The van der Waals surface area contributed by atoms with Gasteiger partial charge in [0.25, 0.3) is 5.91 Å². The van der Waals surface area contributed by atoms with Gasteiger partial charge in [-0.05, 0) is 49.7 Å². The molecule has 0 saturated heterocycles. The summed E-state index contributed by atoms with van der Waals surface area (Å²) in [6.45, 7) is 3.29. The molecule has 2 rings (SSSR count). The van der Waals surface area contributed by atoms with E-state index in [9.17, 15) is 19.1 Å². The first kappa shape index (κ1) is 17.5. The summed E-state index contributed by atoms with van der Waals surface area (Å²) >= 11 is 0. The van der Waals surface area contributed by atoms with Gasteiger partial charge in [-0.3, -0.25) is 4.79 Å². The van der Waals surface area contributed by atoms with Crippen molar-refractivity contribution in [2.75, 3.05) is 18.1 Å². The second-order valence-corrected chi connectivity index (χ2v) is 5.16. The van der Waals surface area contributed by atoms with E-state index < -0.39 is 24.3 Å². The lowest BCUT2D eigenvalue weighted by atomic mass is 10.1. The van der Waals surface area contributed by atoms with Crippen molar-refractivity contribution in [3.8, 4) is 5.75 Å². The molecule has 0 aliphatic rings. The SMILES string of the molecule is CCN(C(=O)COC(=O)c1cccc(C)c1O)c1ccc(F)cc1. The average molecular weight is 331 g/mol. The topological polar surface area (TPSA) is 66.8 Å². The Morgan fingerprint density at radius 2 is 1.83 bits per heavy atom. The molecule has 0 aromatic heterocycles. The zero-order valence-corrected chi connectivity index (χ0v) is 13.5. The molecule has 6 heteroatoms. The lowest BCUT2D eigenvalue weighted by Gasteiger charge is -2.21. The Kier molecular flexibility index (Phi) is 5.52. The molecule has 0 fully saturated rings. The molecule has 24 heavy (non-hydrogen) atoms. The molecular weight excluding hydrogens is 313 g/mol. The first-order valence-corrected chi connectivity index (χ1v) is 7.45. The number of hydrogen-bond donors (Lipinski definition) is 1. The van der Waals surface area contributed by atoms with Gasteiger partial charge in [-0.25, -0.2) is 9.18 Å². The normalized spacial score (nSPS) is 10.3. The molecule has 1 N–H and O–H groups in total. The number of para-hydroxylation sites is 1. The van der Waals surface area contributed by atoms with Gasteiger partial charge in [0.1, 0.15) is 17.1 Å². The number of halogens is 1. The van der Waals surface area contributed by atoms with Crippen molar-refractivity contribution in [1.29, 1.82) is 0 Å². The second-order valence-electron chi connectivity index (χ2n) is 5.16. The molecule has 0 bridgehead atoms. The predicted molar refractivity (Wildman–Crippen MR) is 87.6 cm³/mol. The maximum Gasteiger partial charge on any atom is 0.342 e. The minimum Gasteiger partial charge on any atom is -0.507 e. The number of esters is 1. The van der Waals surface area contributed by atoms with E-state index in [1.54, 1.807) is 26.0 Å². The van der Waals surface area contributed by atoms with Gasteiger partial charge < -0.3 is 14.7 Å². The van der Waals surface area contributed by atoms with E-state index in [2.05, 4.69) is 0 Å². The van der Waals surface area contributed by atoms with Crippen molar-refractivity contribution >= 4 is 17.6 Å². The lowest BCUT2D eigenvalue weighted by molar-refractivity contribution is -0.121. The van der Waals surface area contributed by atoms with Crippen molar-refractivity contribution in [3.05, 3.63) is 59.4 Å². The summed E-state index contributed by atoms with van der Waals surface area (Å²) in [6.07, 6.45) is 0. The van der Waals surface area contributed by atoms with Crippen LogP contribution in [-0.4, -0.2) is 30.1 Å². The maximum absolute atomic E-state index is 13.0. The van der Waals surface area contributed by atoms with E-state index in [0.717, 1.165) is 0 Å². The Labute approximate surface area is 139 Å². The molecule has 5 nitrogen and oxygen atoms in total. The number of phenolic OH excluding ortho intramolecular Hbond substituents is 1. The molecule has 126 valence electrons. The summed E-state index contributed by atoms with van der Waals surface area (Å²) in [5, 5.41) is 9.86. The van der Waals surface area contributed by atoms with Gasteiger partial charge in [0, 0.05) is 12.2 Å². The summed E-state index contributed by atoms with van der Waals surface area (Å²) in [4.78, 5) is 25.6. The van der Waals surface area contributed by atoms with Crippen molar-refractivity contribution in [3.63, 3.8) is 0 Å². The quantitative estimate of drug-likeness (QED) is 0.855. The maximum atomic E-state index is 13.0. The number of carbonyl (C=O) groups is 2. The number of rotatable bonds is 5. The van der Waals surface area contributed by atoms with E-state index in [-0.39, 0.29) is 11.3 Å². The third kappa shape index (κ3) is 3.90. The van der Waals surface area contributed by atoms with Crippen LogP contribution in [0.15, 0.2) is 42.5 Å². The third-order valence-corrected chi connectivity index (χ3v) is 3.54. The number of anilines is 1. The second kappa shape index (κ2) is 7.59. The molecule has 0 heterocycles. The van der Waals surface area contributed by atoms with E-state index in [0.29, 0.717) is 17.8 Å². The van der Waals surface area contributed by atoms with Crippen LogP contribution in [0, 0.1) is 12.7 Å². The van der Waals surface area contributed by atoms with E-state index in [1.807, 2.05) is 0 Å². The Morgan fingerprint density at radius 1 is 1.17 bits per heavy atom. The van der Waals surface area contributed by atoms with Gasteiger partial charge >= 0.3 is 5.97 Å². The first-order chi connectivity index (χ1) is 11.4. The summed E-state index contributed by atoms with van der Waals surface area (Å²) in [7, 11) is 0. The van der Waals surface area contributed by atoms with Gasteiger partial charge in [0.2, 0.25) is 0 Å². The lowest BCUT2D eigenvalue weighted by Crippen LogP contribution is -2.34. The highest BCUT2D eigenvalue weighted by atomic mass is 19.1. The smallest absolute Gasteiger partial charge is 0.342 e. The highest BCUT2D eigenvalue weighted by Gasteiger charge is 2.19. The zero-order chi connectivity index (χ0) is 17.7. The first-order valence-electron chi connectivity index (χ1n) is 7.45. The Morgan fingerprint density at radius 3 is 2.46 bits per heavy atom. The number of ether oxygens (including phenoxy) is 1. The molecule has 2 aromatic rings. The van der Waals surface area contributed by atoms with Gasteiger partial charge in [-0.2, -0.15) is 0 Å². The van der Waals surface area contributed by atoms with E-state index >= 15 is 0 Å². The van der Waals surface area contributed by atoms with Crippen LogP contribution in [0.1, 0.15) is 22.8 Å². The summed E-state index contributed by atoms with van der Waals surface area (Å²) in [6, 6.07) is 10.2. The minimum atomic E-state index is -0.778. The fraction of sp³-hybridized carbons (Fsp3) is 0.222. The molecule has 0 radical (unpaired) electrons. The average Bonchev–Trinajstić information content (AvgIpc) is 2.57. The monoisotopic (exact) mass is 331 g/mol.